The minimum atomic E-state index is -0.138. The molecule has 6 nitrogen and oxygen atoms in total. The number of piperidine rings is 1. The molecule has 2 aromatic rings. The summed E-state index contributed by atoms with van der Waals surface area (Å²) in [6.07, 6.45) is 2.68. The molecule has 0 bridgehead atoms. The highest BCUT2D eigenvalue weighted by Gasteiger charge is 2.26. The molecule has 1 aliphatic rings. The first-order chi connectivity index (χ1) is 12.4. The number of carbonyl (C=O) groups excluding carboxylic acids is 1. The number of nitrogens with zero attached hydrogens (tertiary/aromatic N) is 3. The topological polar surface area (TPSA) is 71.0 Å². The maximum absolute atomic E-state index is 13.0. The van der Waals surface area contributed by atoms with Crippen LogP contribution in [-0.2, 0) is 13.0 Å². The maximum Gasteiger partial charge on any atom is 0.343 e. The van der Waals surface area contributed by atoms with Crippen LogP contribution in [0.1, 0.15) is 52.6 Å². The molecule has 140 valence electrons. The Bertz CT molecular complexity index is 834. The quantitative estimate of drug-likeness (QED) is 0.915. The zero-order valence-corrected chi connectivity index (χ0v) is 16.1. The number of carbonyl (C=O) groups is 1. The van der Waals surface area contributed by atoms with Gasteiger partial charge in [0.25, 0.3) is 5.91 Å². The lowest BCUT2D eigenvalue weighted by molar-refractivity contribution is 0.0688. The summed E-state index contributed by atoms with van der Waals surface area (Å²) in [6, 6.07) is 4.16. The van der Waals surface area contributed by atoms with Crippen molar-refractivity contribution in [3.63, 3.8) is 0 Å². The summed E-state index contributed by atoms with van der Waals surface area (Å²) in [5, 5.41) is 6.69. The summed E-state index contributed by atoms with van der Waals surface area (Å²) < 4.78 is 1.69. The van der Waals surface area contributed by atoms with E-state index in [0.29, 0.717) is 12.5 Å². The molecule has 1 saturated heterocycles. The highest BCUT2D eigenvalue weighted by Crippen LogP contribution is 2.24. The van der Waals surface area contributed by atoms with Gasteiger partial charge in [0.05, 0.1) is 0 Å². The van der Waals surface area contributed by atoms with Gasteiger partial charge in [-0.25, -0.2) is 9.89 Å². The molecule has 1 fully saturated rings. The Morgan fingerprint density at radius 3 is 2.38 bits per heavy atom. The normalized spacial score (nSPS) is 15.5. The minimum absolute atomic E-state index is 0.138. The molecule has 1 N–H and O–H groups in total. The zero-order chi connectivity index (χ0) is 18.8. The van der Waals surface area contributed by atoms with E-state index in [1.54, 1.807) is 4.57 Å². The molecular formula is C20H28N4O2. The molecule has 0 radical (unpaired) electrons. The average molecular weight is 356 g/mol. The fourth-order valence-electron chi connectivity index (χ4n) is 4.11. The smallest absolute Gasteiger partial charge is 0.339 e. The van der Waals surface area contributed by atoms with Gasteiger partial charge >= 0.3 is 5.69 Å². The Hall–Kier alpha value is -2.37. The summed E-state index contributed by atoms with van der Waals surface area (Å²) in [7, 11) is 0. The SMILES string of the molecule is CCn1c(CC2CCN(C(=O)c3c(C)cc(C)cc3C)CC2)n[nH]c1=O. The van der Waals surface area contributed by atoms with Crippen LogP contribution in [0.15, 0.2) is 16.9 Å². The number of hydrogen-bond acceptors (Lipinski definition) is 3. The first-order valence-corrected chi connectivity index (χ1v) is 9.42. The van der Waals surface area contributed by atoms with Crippen molar-refractivity contribution in [2.24, 2.45) is 5.92 Å². The van der Waals surface area contributed by atoms with Crippen LogP contribution in [0.3, 0.4) is 0 Å². The number of hydrogen-bond donors (Lipinski definition) is 1. The van der Waals surface area contributed by atoms with E-state index in [2.05, 4.69) is 29.3 Å². The fraction of sp³-hybridized carbons (Fsp3) is 0.550. The number of aromatic amines is 1. The number of amides is 1. The first kappa shape index (κ1) is 18.4. The second-order valence-electron chi connectivity index (χ2n) is 7.40. The van der Waals surface area contributed by atoms with Crippen molar-refractivity contribution in [1.29, 1.82) is 0 Å². The number of nitrogens with one attached hydrogen (secondary N) is 1. The van der Waals surface area contributed by atoms with Crippen molar-refractivity contribution in [1.82, 2.24) is 19.7 Å². The van der Waals surface area contributed by atoms with E-state index >= 15 is 0 Å². The predicted molar refractivity (Wildman–Crippen MR) is 102 cm³/mol. The van der Waals surface area contributed by atoms with Crippen molar-refractivity contribution < 1.29 is 4.79 Å². The molecule has 0 atom stereocenters. The van der Waals surface area contributed by atoms with E-state index in [0.717, 1.165) is 54.9 Å². The number of rotatable bonds is 4. The van der Waals surface area contributed by atoms with Crippen molar-refractivity contribution in [3.05, 3.63) is 50.7 Å². The van der Waals surface area contributed by atoms with Gasteiger partial charge in [-0.05, 0) is 57.6 Å². The Kier molecular flexibility index (Phi) is 5.30. The summed E-state index contributed by atoms with van der Waals surface area (Å²) in [4.78, 5) is 26.6. The van der Waals surface area contributed by atoms with E-state index in [1.807, 2.05) is 25.7 Å². The van der Waals surface area contributed by atoms with Crippen molar-refractivity contribution in [2.45, 2.75) is 53.5 Å². The Labute approximate surface area is 154 Å². The van der Waals surface area contributed by atoms with Crippen LogP contribution in [0.25, 0.3) is 0 Å². The van der Waals surface area contributed by atoms with Crippen molar-refractivity contribution in [3.8, 4) is 0 Å². The van der Waals surface area contributed by atoms with E-state index < -0.39 is 0 Å². The molecule has 1 amide bonds. The lowest BCUT2D eigenvalue weighted by atomic mass is 9.92. The number of likely N-dealkylation sites (tertiary alicyclic amines) is 1. The Morgan fingerprint density at radius 2 is 1.81 bits per heavy atom. The van der Waals surface area contributed by atoms with Crippen LogP contribution in [0.4, 0.5) is 0 Å². The molecule has 0 unspecified atom stereocenters. The number of aromatic nitrogens is 3. The molecule has 26 heavy (non-hydrogen) atoms. The van der Waals surface area contributed by atoms with Gasteiger partial charge < -0.3 is 4.90 Å². The summed E-state index contributed by atoms with van der Waals surface area (Å²) in [5.41, 5.74) is 4.01. The molecule has 0 aliphatic carbocycles. The second kappa shape index (κ2) is 7.48. The van der Waals surface area contributed by atoms with Crippen LogP contribution in [-0.4, -0.2) is 38.7 Å². The largest absolute Gasteiger partial charge is 0.343 e. The van der Waals surface area contributed by atoms with Gasteiger partial charge in [0, 0.05) is 31.6 Å². The maximum atomic E-state index is 13.0. The van der Waals surface area contributed by atoms with Crippen molar-refractivity contribution in [2.75, 3.05) is 13.1 Å². The Balaban J connectivity index is 1.65. The van der Waals surface area contributed by atoms with Gasteiger partial charge in [0.1, 0.15) is 5.82 Å². The lowest BCUT2D eigenvalue weighted by Gasteiger charge is -2.32. The zero-order valence-electron chi connectivity index (χ0n) is 16.1. The third kappa shape index (κ3) is 3.59. The highest BCUT2D eigenvalue weighted by atomic mass is 16.2. The van der Waals surface area contributed by atoms with Gasteiger partial charge in [-0.15, -0.1) is 0 Å². The standard InChI is InChI=1S/C20H28N4O2/c1-5-24-17(21-22-20(24)26)12-16-6-8-23(9-7-16)19(25)18-14(3)10-13(2)11-15(18)4/h10-11,16H,5-9,12H2,1-4H3,(H,22,26). The number of aryl methyl sites for hydroxylation is 3. The molecule has 6 heteroatoms. The van der Waals surface area contributed by atoms with Crippen LogP contribution < -0.4 is 5.69 Å². The van der Waals surface area contributed by atoms with E-state index in [1.165, 1.54) is 5.56 Å². The molecule has 0 spiro atoms. The molecule has 1 aromatic carbocycles. The molecular weight excluding hydrogens is 328 g/mol. The predicted octanol–water partition coefficient (Wildman–Crippen LogP) is 2.61. The highest BCUT2D eigenvalue weighted by molar-refractivity contribution is 5.97. The fourth-order valence-corrected chi connectivity index (χ4v) is 4.11. The lowest BCUT2D eigenvalue weighted by Crippen LogP contribution is -2.39. The summed E-state index contributed by atoms with van der Waals surface area (Å²) >= 11 is 0. The third-order valence-electron chi connectivity index (χ3n) is 5.42. The first-order valence-electron chi connectivity index (χ1n) is 9.42. The van der Waals surface area contributed by atoms with Crippen LogP contribution in [0, 0.1) is 26.7 Å². The van der Waals surface area contributed by atoms with E-state index in [9.17, 15) is 9.59 Å². The summed E-state index contributed by atoms with van der Waals surface area (Å²) in [5.74, 6) is 1.43. The van der Waals surface area contributed by atoms with Gasteiger partial charge in [-0.1, -0.05) is 17.7 Å². The van der Waals surface area contributed by atoms with Crippen LogP contribution in [0.5, 0.6) is 0 Å². The average Bonchev–Trinajstić information content (AvgIpc) is 2.94. The van der Waals surface area contributed by atoms with Crippen LogP contribution in [0.2, 0.25) is 0 Å². The number of H-pyrrole nitrogens is 1. The van der Waals surface area contributed by atoms with Crippen molar-refractivity contribution >= 4 is 5.91 Å². The van der Waals surface area contributed by atoms with Gasteiger partial charge in [-0.3, -0.25) is 9.36 Å². The second-order valence-corrected chi connectivity index (χ2v) is 7.40. The molecule has 1 aliphatic heterocycles. The molecule has 1 aromatic heterocycles. The van der Waals surface area contributed by atoms with Gasteiger partial charge in [0.2, 0.25) is 0 Å². The van der Waals surface area contributed by atoms with E-state index in [-0.39, 0.29) is 11.6 Å². The van der Waals surface area contributed by atoms with Gasteiger partial charge in [0.15, 0.2) is 0 Å². The molecule has 3 rings (SSSR count). The molecule has 0 saturated carbocycles. The van der Waals surface area contributed by atoms with Crippen LogP contribution >= 0.6 is 0 Å². The Morgan fingerprint density at radius 1 is 1.19 bits per heavy atom. The minimum Gasteiger partial charge on any atom is -0.339 e. The van der Waals surface area contributed by atoms with Gasteiger partial charge in [-0.2, -0.15) is 5.10 Å². The molecule has 2 heterocycles. The summed E-state index contributed by atoms with van der Waals surface area (Å²) in [6.45, 7) is 10.2. The number of benzene rings is 1. The third-order valence-corrected chi connectivity index (χ3v) is 5.42. The monoisotopic (exact) mass is 356 g/mol. The van der Waals surface area contributed by atoms with E-state index in [4.69, 9.17) is 0 Å².